The maximum Gasteiger partial charge on any atom is 0.152 e. The van der Waals surface area contributed by atoms with Gasteiger partial charge in [0.2, 0.25) is 0 Å². The van der Waals surface area contributed by atoms with Crippen molar-refractivity contribution in [2.45, 2.75) is 25.9 Å². The second-order valence-electron chi connectivity index (χ2n) is 2.48. The minimum absolute atomic E-state index is 0.277. The lowest BCUT2D eigenvalue weighted by Crippen LogP contribution is -1.99. The van der Waals surface area contributed by atoms with E-state index in [9.17, 15) is 8.78 Å². The van der Waals surface area contributed by atoms with Crippen molar-refractivity contribution in [1.82, 2.24) is 0 Å². The van der Waals surface area contributed by atoms with Crippen molar-refractivity contribution in [3.05, 3.63) is 23.6 Å². The first-order valence-electron chi connectivity index (χ1n) is 3.38. The van der Waals surface area contributed by atoms with E-state index >= 15 is 0 Å². The summed E-state index contributed by atoms with van der Waals surface area (Å²) in [5, 5.41) is 0. The van der Waals surface area contributed by atoms with Gasteiger partial charge >= 0.3 is 0 Å². The van der Waals surface area contributed by atoms with Gasteiger partial charge in [-0.25, -0.2) is 8.78 Å². The number of alkyl halides is 1. The van der Waals surface area contributed by atoms with Gasteiger partial charge in [-0.05, 0) is 25.3 Å². The van der Waals surface area contributed by atoms with Crippen LogP contribution in [0.5, 0.6) is 0 Å². The van der Waals surface area contributed by atoms with Crippen LogP contribution in [0.2, 0.25) is 0 Å². The first-order chi connectivity index (χ1) is 4.72. The third kappa shape index (κ3) is 1.43. The molecule has 0 fully saturated rings. The van der Waals surface area contributed by atoms with E-state index in [1.54, 1.807) is 19.1 Å². The predicted octanol–water partition coefficient (Wildman–Crippen LogP) is 2.92. The van der Waals surface area contributed by atoms with E-state index in [1.165, 1.54) is 0 Å². The summed E-state index contributed by atoms with van der Waals surface area (Å²) in [6.45, 7) is 1.59. The Bertz CT molecular complexity index is 180. The molecule has 0 heterocycles. The van der Waals surface area contributed by atoms with Crippen molar-refractivity contribution in [2.24, 2.45) is 0 Å². The van der Waals surface area contributed by atoms with E-state index in [-0.39, 0.29) is 6.42 Å². The minimum atomic E-state index is -1.38. The number of halogens is 2. The highest BCUT2D eigenvalue weighted by Gasteiger charge is 2.15. The number of hydrogen-bond donors (Lipinski definition) is 0. The van der Waals surface area contributed by atoms with Crippen LogP contribution in [0.4, 0.5) is 8.78 Å². The summed E-state index contributed by atoms with van der Waals surface area (Å²) < 4.78 is 25.3. The van der Waals surface area contributed by atoms with Crippen LogP contribution in [0, 0.1) is 0 Å². The molecule has 0 bridgehead atoms. The summed E-state index contributed by atoms with van der Waals surface area (Å²) >= 11 is 0. The van der Waals surface area contributed by atoms with Crippen molar-refractivity contribution in [2.75, 3.05) is 0 Å². The zero-order chi connectivity index (χ0) is 7.56. The molecule has 0 amide bonds. The van der Waals surface area contributed by atoms with Gasteiger partial charge in [-0.1, -0.05) is 12.2 Å². The standard InChI is InChI=1S/C8H10F2/c1-6-4-2-3-5-7(9)8(6)10/h2,4,7H,3,5H2,1H3. The van der Waals surface area contributed by atoms with E-state index in [2.05, 4.69) is 0 Å². The van der Waals surface area contributed by atoms with E-state index < -0.39 is 12.0 Å². The lowest BCUT2D eigenvalue weighted by molar-refractivity contribution is 0.310. The lowest BCUT2D eigenvalue weighted by Gasteiger charge is -2.01. The maximum atomic E-state index is 12.7. The molecule has 0 spiro atoms. The van der Waals surface area contributed by atoms with Crippen LogP contribution in [-0.4, -0.2) is 6.17 Å². The molecule has 1 unspecified atom stereocenters. The molecule has 1 aliphatic carbocycles. The first kappa shape index (κ1) is 7.45. The van der Waals surface area contributed by atoms with Crippen LogP contribution in [0.1, 0.15) is 19.8 Å². The molecule has 0 aromatic carbocycles. The maximum absolute atomic E-state index is 12.7. The highest BCUT2D eigenvalue weighted by Crippen LogP contribution is 2.22. The summed E-state index contributed by atoms with van der Waals surface area (Å²) in [7, 11) is 0. The fourth-order valence-corrected chi connectivity index (χ4v) is 0.956. The van der Waals surface area contributed by atoms with Crippen LogP contribution < -0.4 is 0 Å². The zero-order valence-corrected chi connectivity index (χ0v) is 5.90. The van der Waals surface area contributed by atoms with Crippen LogP contribution >= 0.6 is 0 Å². The third-order valence-electron chi connectivity index (χ3n) is 1.61. The molecule has 0 saturated heterocycles. The first-order valence-corrected chi connectivity index (χ1v) is 3.38. The van der Waals surface area contributed by atoms with Crippen LogP contribution in [-0.2, 0) is 0 Å². The van der Waals surface area contributed by atoms with E-state index in [1.807, 2.05) is 0 Å². The fourth-order valence-electron chi connectivity index (χ4n) is 0.956. The van der Waals surface area contributed by atoms with Crippen molar-refractivity contribution < 1.29 is 8.78 Å². The second-order valence-corrected chi connectivity index (χ2v) is 2.48. The van der Waals surface area contributed by atoms with Gasteiger partial charge in [0, 0.05) is 0 Å². The molecule has 1 rings (SSSR count). The molecule has 0 nitrogen and oxygen atoms in total. The van der Waals surface area contributed by atoms with E-state index in [0.717, 1.165) is 0 Å². The van der Waals surface area contributed by atoms with Crippen molar-refractivity contribution in [3.63, 3.8) is 0 Å². The topological polar surface area (TPSA) is 0 Å². The molecule has 0 aromatic heterocycles. The van der Waals surface area contributed by atoms with Crippen LogP contribution in [0.25, 0.3) is 0 Å². The monoisotopic (exact) mass is 144 g/mol. The fraction of sp³-hybridized carbons (Fsp3) is 0.500. The molecule has 1 aliphatic rings. The molecule has 0 aromatic rings. The predicted molar refractivity (Wildman–Crippen MR) is 37.1 cm³/mol. The molecular weight excluding hydrogens is 134 g/mol. The van der Waals surface area contributed by atoms with Crippen molar-refractivity contribution in [1.29, 1.82) is 0 Å². The number of rotatable bonds is 0. The molecule has 1 atom stereocenters. The average Bonchev–Trinajstić information content (AvgIpc) is 2.04. The average molecular weight is 144 g/mol. The van der Waals surface area contributed by atoms with Gasteiger partial charge in [-0.15, -0.1) is 0 Å². The van der Waals surface area contributed by atoms with Gasteiger partial charge < -0.3 is 0 Å². The van der Waals surface area contributed by atoms with Crippen molar-refractivity contribution in [3.8, 4) is 0 Å². The smallest absolute Gasteiger partial charge is 0.152 e. The second kappa shape index (κ2) is 2.95. The van der Waals surface area contributed by atoms with E-state index in [0.29, 0.717) is 12.0 Å². The van der Waals surface area contributed by atoms with Crippen LogP contribution in [0.15, 0.2) is 23.6 Å². The van der Waals surface area contributed by atoms with Crippen molar-refractivity contribution >= 4 is 0 Å². The molecular formula is C8H10F2. The van der Waals surface area contributed by atoms with Gasteiger partial charge in [0.1, 0.15) is 5.83 Å². The molecule has 2 heteroatoms. The molecule has 10 heavy (non-hydrogen) atoms. The van der Waals surface area contributed by atoms with Gasteiger partial charge in [-0.2, -0.15) is 0 Å². The summed E-state index contributed by atoms with van der Waals surface area (Å²) in [4.78, 5) is 0. The Labute approximate surface area is 59.2 Å². The normalized spacial score (nSPS) is 26.9. The highest BCUT2D eigenvalue weighted by molar-refractivity contribution is 5.23. The zero-order valence-electron chi connectivity index (χ0n) is 5.90. The largest absolute Gasteiger partial charge is 0.240 e. The van der Waals surface area contributed by atoms with Gasteiger partial charge in [-0.3, -0.25) is 0 Å². The Balaban J connectivity index is 2.82. The van der Waals surface area contributed by atoms with Gasteiger partial charge in [0.25, 0.3) is 0 Å². The Hall–Kier alpha value is -0.660. The Kier molecular flexibility index (Phi) is 2.20. The SMILES string of the molecule is CC1=C(F)C(F)CCC=C1. The summed E-state index contributed by atoms with van der Waals surface area (Å²) in [6.07, 6.45) is 2.96. The minimum Gasteiger partial charge on any atom is -0.240 e. The third-order valence-corrected chi connectivity index (χ3v) is 1.61. The molecule has 0 N–H and O–H groups in total. The Morgan fingerprint density at radius 2 is 2.30 bits per heavy atom. The molecule has 0 aliphatic heterocycles. The quantitative estimate of drug-likeness (QED) is 0.490. The summed E-state index contributed by atoms with van der Waals surface area (Å²) in [5.41, 5.74) is 0.421. The summed E-state index contributed by atoms with van der Waals surface area (Å²) in [6, 6.07) is 0. The van der Waals surface area contributed by atoms with Gasteiger partial charge in [0.15, 0.2) is 6.17 Å². The molecule has 0 radical (unpaired) electrons. The highest BCUT2D eigenvalue weighted by atomic mass is 19.2. The molecule has 0 saturated carbocycles. The Morgan fingerprint density at radius 3 is 3.00 bits per heavy atom. The number of hydrogen-bond acceptors (Lipinski definition) is 0. The number of allylic oxidation sites excluding steroid dienone is 4. The van der Waals surface area contributed by atoms with Gasteiger partial charge in [0.05, 0.1) is 0 Å². The lowest BCUT2D eigenvalue weighted by atomic mass is 10.2. The summed E-state index contributed by atoms with van der Waals surface area (Å²) in [5.74, 6) is -0.603. The Morgan fingerprint density at radius 1 is 1.60 bits per heavy atom. The van der Waals surface area contributed by atoms with Crippen LogP contribution in [0.3, 0.4) is 0 Å². The molecule has 56 valence electrons. The van der Waals surface area contributed by atoms with E-state index in [4.69, 9.17) is 0 Å².